The lowest BCUT2D eigenvalue weighted by Gasteiger charge is -2.11. The molecule has 0 saturated heterocycles. The zero-order valence-corrected chi connectivity index (χ0v) is 13.1. The second-order valence-electron chi connectivity index (χ2n) is 4.60. The Bertz CT molecular complexity index is 728. The monoisotopic (exact) mass is 334 g/mol. The van der Waals surface area contributed by atoms with Crippen molar-refractivity contribution in [1.29, 1.82) is 0 Å². The van der Waals surface area contributed by atoms with Crippen LogP contribution in [0.2, 0.25) is 5.02 Å². The van der Waals surface area contributed by atoms with Crippen molar-refractivity contribution in [3.63, 3.8) is 0 Å². The highest BCUT2D eigenvalue weighted by Gasteiger charge is 2.24. The lowest BCUT2D eigenvalue weighted by molar-refractivity contribution is 0.488. The van der Waals surface area contributed by atoms with Gasteiger partial charge in [-0.05, 0) is 12.0 Å². The van der Waals surface area contributed by atoms with Gasteiger partial charge in [-0.3, -0.25) is 9.55 Å². The average Bonchev–Trinajstić information content (AvgIpc) is 2.72. The van der Waals surface area contributed by atoms with Gasteiger partial charge in [-0.25, -0.2) is 8.42 Å². The molecule has 0 aromatic carbocycles. The zero-order chi connectivity index (χ0) is 14.9. The molecule has 0 amide bonds. The lowest BCUT2D eigenvalue weighted by Crippen LogP contribution is -2.12. The number of hydrogen-bond donors (Lipinski definition) is 0. The van der Waals surface area contributed by atoms with E-state index in [2.05, 4.69) is 15.2 Å². The molecule has 0 fully saturated rings. The number of nitrogens with zero attached hydrogens (tertiary/aromatic N) is 4. The van der Waals surface area contributed by atoms with Crippen molar-refractivity contribution < 1.29 is 8.42 Å². The Labute approximate surface area is 126 Å². The number of halogens is 2. The summed E-state index contributed by atoms with van der Waals surface area (Å²) in [6, 6.07) is 1.65. The van der Waals surface area contributed by atoms with E-state index in [1.165, 1.54) is 10.8 Å². The number of rotatable bonds is 4. The third-order valence-corrected chi connectivity index (χ3v) is 3.95. The summed E-state index contributed by atoms with van der Waals surface area (Å²) in [4.78, 5) is 3.88. The Morgan fingerprint density at radius 3 is 2.60 bits per heavy atom. The van der Waals surface area contributed by atoms with E-state index in [-0.39, 0.29) is 11.1 Å². The zero-order valence-electron chi connectivity index (χ0n) is 10.8. The molecule has 6 nitrogen and oxygen atoms in total. The largest absolute Gasteiger partial charge is 0.297 e. The van der Waals surface area contributed by atoms with Gasteiger partial charge in [-0.2, -0.15) is 0 Å². The van der Waals surface area contributed by atoms with Crippen molar-refractivity contribution >= 4 is 31.3 Å². The fourth-order valence-electron chi connectivity index (χ4n) is 1.75. The molecule has 108 valence electrons. The minimum atomic E-state index is -3.98. The molecular formula is C11H12Cl2N4O2S. The number of aromatic nitrogens is 4. The molecule has 9 heteroatoms. The van der Waals surface area contributed by atoms with E-state index >= 15 is 0 Å². The van der Waals surface area contributed by atoms with Crippen LogP contribution in [-0.4, -0.2) is 28.2 Å². The summed E-state index contributed by atoms with van der Waals surface area (Å²) < 4.78 is 24.6. The molecule has 0 spiro atoms. The molecule has 0 aliphatic carbocycles. The second-order valence-corrected chi connectivity index (χ2v) is 7.47. The summed E-state index contributed by atoms with van der Waals surface area (Å²) in [5.41, 5.74) is 0.557. The van der Waals surface area contributed by atoms with Crippen LogP contribution < -0.4 is 0 Å². The van der Waals surface area contributed by atoms with Crippen molar-refractivity contribution in [2.75, 3.05) is 0 Å². The Balaban J connectivity index is 2.66. The molecule has 0 aliphatic rings. The Morgan fingerprint density at radius 2 is 2.05 bits per heavy atom. The molecule has 0 atom stereocenters. The van der Waals surface area contributed by atoms with Gasteiger partial charge in [-0.15, -0.1) is 10.2 Å². The van der Waals surface area contributed by atoms with Crippen LogP contribution in [-0.2, 0) is 15.6 Å². The first kappa shape index (κ1) is 15.2. The third-order valence-electron chi connectivity index (χ3n) is 2.50. The molecule has 2 aromatic rings. The summed E-state index contributed by atoms with van der Waals surface area (Å²) in [6.45, 7) is 4.30. The molecule has 0 unspecified atom stereocenters. The summed E-state index contributed by atoms with van der Waals surface area (Å²) >= 11 is 6.06. The van der Waals surface area contributed by atoms with Crippen LogP contribution in [0.3, 0.4) is 0 Å². The summed E-state index contributed by atoms with van der Waals surface area (Å²) in [5.74, 6) is 0.535. The van der Waals surface area contributed by atoms with Gasteiger partial charge >= 0.3 is 0 Å². The molecule has 20 heavy (non-hydrogen) atoms. The van der Waals surface area contributed by atoms with E-state index in [9.17, 15) is 8.42 Å². The Kier molecular flexibility index (Phi) is 4.31. The van der Waals surface area contributed by atoms with Gasteiger partial charge in [0.2, 0.25) is 0 Å². The molecule has 0 N–H and O–H groups in total. The quantitative estimate of drug-likeness (QED) is 0.803. The number of hydrogen-bond acceptors (Lipinski definition) is 5. The molecule has 2 aromatic heterocycles. The first-order valence-corrected chi connectivity index (χ1v) is 8.47. The normalized spacial score (nSPS) is 12.1. The molecule has 2 heterocycles. The highest BCUT2D eigenvalue weighted by atomic mass is 35.7. The average molecular weight is 335 g/mol. The SMILES string of the molecule is CC(C)Cn1c(-c2ccncc2Cl)nnc1S(=O)(=O)Cl. The van der Waals surface area contributed by atoms with Gasteiger partial charge in [-0.1, -0.05) is 25.4 Å². The van der Waals surface area contributed by atoms with E-state index < -0.39 is 9.05 Å². The van der Waals surface area contributed by atoms with Crippen LogP contribution in [0.15, 0.2) is 23.6 Å². The molecule has 0 bridgehead atoms. The highest BCUT2D eigenvalue weighted by molar-refractivity contribution is 8.13. The van der Waals surface area contributed by atoms with Crippen molar-refractivity contribution in [3.8, 4) is 11.4 Å². The Morgan fingerprint density at radius 1 is 1.35 bits per heavy atom. The topological polar surface area (TPSA) is 77.7 Å². The first-order chi connectivity index (χ1) is 9.30. The smallest absolute Gasteiger partial charge is 0.296 e. The first-order valence-electron chi connectivity index (χ1n) is 5.78. The van der Waals surface area contributed by atoms with E-state index in [4.69, 9.17) is 22.3 Å². The minimum absolute atomic E-state index is 0.183. The van der Waals surface area contributed by atoms with E-state index in [0.717, 1.165) is 0 Å². The van der Waals surface area contributed by atoms with Gasteiger partial charge in [0.1, 0.15) is 0 Å². The van der Waals surface area contributed by atoms with Gasteiger partial charge < -0.3 is 0 Å². The third kappa shape index (κ3) is 3.11. The fourth-order valence-corrected chi connectivity index (χ4v) is 2.86. The van der Waals surface area contributed by atoms with Gasteiger partial charge in [0.15, 0.2) is 5.82 Å². The second kappa shape index (κ2) is 5.67. The van der Waals surface area contributed by atoms with Crippen LogP contribution in [0.4, 0.5) is 0 Å². The molecule has 2 rings (SSSR count). The fraction of sp³-hybridized carbons (Fsp3) is 0.364. The van der Waals surface area contributed by atoms with Crippen LogP contribution in [0.1, 0.15) is 13.8 Å². The van der Waals surface area contributed by atoms with Gasteiger partial charge in [0.25, 0.3) is 14.2 Å². The maximum atomic E-state index is 11.6. The van der Waals surface area contributed by atoms with Gasteiger partial charge in [0.05, 0.1) is 5.02 Å². The number of pyridine rings is 1. The van der Waals surface area contributed by atoms with Crippen molar-refractivity contribution in [3.05, 3.63) is 23.5 Å². The van der Waals surface area contributed by atoms with Gasteiger partial charge in [0, 0.05) is 35.2 Å². The van der Waals surface area contributed by atoms with Crippen molar-refractivity contribution in [1.82, 2.24) is 19.7 Å². The standard InChI is InChI=1S/C11H12Cl2N4O2S/c1-7(2)6-17-10(8-3-4-14-5-9(8)12)15-16-11(17)20(13,18)19/h3-5,7H,6H2,1-2H3. The van der Waals surface area contributed by atoms with E-state index in [0.29, 0.717) is 23.0 Å². The van der Waals surface area contributed by atoms with Crippen molar-refractivity contribution in [2.24, 2.45) is 5.92 Å². The van der Waals surface area contributed by atoms with E-state index in [1.807, 2.05) is 13.8 Å². The summed E-state index contributed by atoms with van der Waals surface area (Å²) in [6.07, 6.45) is 3.00. The van der Waals surface area contributed by atoms with Crippen LogP contribution >= 0.6 is 22.3 Å². The summed E-state index contributed by atoms with van der Waals surface area (Å²) in [5, 5.41) is 7.66. The summed E-state index contributed by atoms with van der Waals surface area (Å²) in [7, 11) is 1.42. The molecule has 0 radical (unpaired) electrons. The molecular weight excluding hydrogens is 323 g/mol. The van der Waals surface area contributed by atoms with Crippen LogP contribution in [0.5, 0.6) is 0 Å². The minimum Gasteiger partial charge on any atom is -0.297 e. The molecule has 0 saturated carbocycles. The van der Waals surface area contributed by atoms with E-state index in [1.54, 1.807) is 12.3 Å². The highest BCUT2D eigenvalue weighted by Crippen LogP contribution is 2.28. The van der Waals surface area contributed by atoms with Crippen LogP contribution in [0.25, 0.3) is 11.4 Å². The Hall–Kier alpha value is -1.18. The molecule has 0 aliphatic heterocycles. The maximum absolute atomic E-state index is 11.6. The lowest BCUT2D eigenvalue weighted by atomic mass is 10.2. The predicted octanol–water partition coefficient (Wildman–Crippen LogP) is 2.58. The van der Waals surface area contributed by atoms with Crippen molar-refractivity contribution in [2.45, 2.75) is 25.5 Å². The van der Waals surface area contributed by atoms with Crippen LogP contribution in [0, 0.1) is 5.92 Å². The maximum Gasteiger partial charge on any atom is 0.296 e. The predicted molar refractivity (Wildman–Crippen MR) is 76.1 cm³/mol.